The molecule has 0 radical (unpaired) electrons. The molecule has 5 aromatic rings. The van der Waals surface area contributed by atoms with Crippen LogP contribution in [0, 0.1) is 0 Å². The lowest BCUT2D eigenvalue weighted by molar-refractivity contribution is 0.482. The van der Waals surface area contributed by atoms with Gasteiger partial charge in [-0.1, -0.05) is 30.3 Å². The first-order chi connectivity index (χ1) is 14.9. The molecule has 2 aromatic carbocycles. The molecular formula is C24H17N5O. The van der Waals surface area contributed by atoms with Crippen LogP contribution >= 0.6 is 0 Å². The molecule has 6 heteroatoms. The fourth-order valence-electron chi connectivity index (χ4n) is 4.00. The molecule has 6 nitrogen and oxygen atoms in total. The molecule has 1 unspecified atom stereocenters. The zero-order chi connectivity index (χ0) is 19.9. The molecule has 0 fully saturated rings. The molecule has 0 spiro atoms. The molecule has 144 valence electrons. The molecule has 4 heterocycles. The highest BCUT2D eigenvalue weighted by atomic mass is 16.5. The minimum absolute atomic E-state index is 0.0800. The molecule has 1 aliphatic rings. The number of aromatic amines is 1. The average molecular weight is 391 g/mol. The van der Waals surface area contributed by atoms with Gasteiger partial charge in [0.05, 0.1) is 12.2 Å². The summed E-state index contributed by atoms with van der Waals surface area (Å²) in [5.41, 5.74) is 5.04. The zero-order valence-electron chi connectivity index (χ0n) is 15.9. The first-order valence-corrected chi connectivity index (χ1v) is 9.74. The summed E-state index contributed by atoms with van der Waals surface area (Å²) in [6.45, 7) is 0. The summed E-state index contributed by atoms with van der Waals surface area (Å²) >= 11 is 0. The number of ether oxygens (including phenoxy) is 1. The van der Waals surface area contributed by atoms with Crippen LogP contribution in [-0.2, 0) is 0 Å². The van der Waals surface area contributed by atoms with Gasteiger partial charge in [-0.2, -0.15) is 5.10 Å². The number of aromatic nitrogens is 4. The minimum Gasteiger partial charge on any atom is -0.457 e. The topological polar surface area (TPSA) is 75.7 Å². The zero-order valence-corrected chi connectivity index (χ0v) is 15.9. The number of H-pyrrole nitrogens is 1. The summed E-state index contributed by atoms with van der Waals surface area (Å²) < 4.78 is 5.94. The number of rotatable bonds is 3. The Kier molecular flexibility index (Phi) is 3.74. The normalized spacial score (nSPS) is 14.6. The van der Waals surface area contributed by atoms with Crippen LogP contribution < -0.4 is 10.1 Å². The second-order valence-electron chi connectivity index (χ2n) is 7.19. The average Bonchev–Trinajstić information content (AvgIpc) is 3.17. The third kappa shape index (κ3) is 2.69. The molecule has 0 amide bonds. The van der Waals surface area contributed by atoms with E-state index >= 15 is 0 Å². The summed E-state index contributed by atoms with van der Waals surface area (Å²) in [6.07, 6.45) is 5.61. The van der Waals surface area contributed by atoms with Gasteiger partial charge in [-0.15, -0.1) is 5.10 Å². The van der Waals surface area contributed by atoms with E-state index in [9.17, 15) is 0 Å². The van der Waals surface area contributed by atoms with Gasteiger partial charge >= 0.3 is 0 Å². The van der Waals surface area contributed by atoms with Gasteiger partial charge in [0.1, 0.15) is 17.3 Å². The molecule has 0 aliphatic carbocycles. The summed E-state index contributed by atoms with van der Waals surface area (Å²) in [4.78, 5) is 7.85. The van der Waals surface area contributed by atoms with Crippen LogP contribution in [0.2, 0.25) is 0 Å². The van der Waals surface area contributed by atoms with Crippen LogP contribution in [0.1, 0.15) is 17.2 Å². The van der Waals surface area contributed by atoms with Crippen molar-refractivity contribution in [1.29, 1.82) is 0 Å². The molecule has 6 rings (SSSR count). The molecule has 1 aliphatic heterocycles. The van der Waals surface area contributed by atoms with Crippen molar-refractivity contribution in [3.8, 4) is 22.6 Å². The lowest BCUT2D eigenvalue weighted by atomic mass is 9.97. The Morgan fingerprint density at radius 3 is 2.53 bits per heavy atom. The van der Waals surface area contributed by atoms with E-state index in [0.717, 1.165) is 50.6 Å². The van der Waals surface area contributed by atoms with E-state index in [-0.39, 0.29) is 6.04 Å². The van der Waals surface area contributed by atoms with E-state index in [1.807, 2.05) is 54.7 Å². The van der Waals surface area contributed by atoms with Crippen molar-refractivity contribution >= 4 is 16.9 Å². The van der Waals surface area contributed by atoms with Crippen molar-refractivity contribution in [1.82, 2.24) is 20.2 Å². The monoisotopic (exact) mass is 391 g/mol. The Balaban J connectivity index is 1.44. The van der Waals surface area contributed by atoms with E-state index < -0.39 is 0 Å². The Morgan fingerprint density at radius 2 is 1.67 bits per heavy atom. The second-order valence-corrected chi connectivity index (χ2v) is 7.19. The van der Waals surface area contributed by atoms with Gasteiger partial charge in [0.2, 0.25) is 0 Å². The minimum atomic E-state index is -0.0800. The largest absolute Gasteiger partial charge is 0.457 e. The number of fused-ring (bicyclic) bond motifs is 2. The van der Waals surface area contributed by atoms with Crippen molar-refractivity contribution in [2.45, 2.75) is 6.04 Å². The summed E-state index contributed by atoms with van der Waals surface area (Å²) in [5.74, 6) is 2.44. The summed E-state index contributed by atoms with van der Waals surface area (Å²) in [6, 6.07) is 21.8. The lowest BCUT2D eigenvalue weighted by Gasteiger charge is -2.19. The van der Waals surface area contributed by atoms with Gasteiger partial charge in [0, 0.05) is 34.5 Å². The van der Waals surface area contributed by atoms with Crippen molar-refractivity contribution in [3.05, 3.63) is 96.4 Å². The Hall–Kier alpha value is -4.19. The molecule has 30 heavy (non-hydrogen) atoms. The molecular weight excluding hydrogens is 374 g/mol. The number of anilines is 1. The Morgan fingerprint density at radius 1 is 0.833 bits per heavy atom. The number of nitrogens with zero attached hydrogens (tertiary/aromatic N) is 3. The van der Waals surface area contributed by atoms with Crippen LogP contribution in [0.5, 0.6) is 11.5 Å². The fraction of sp³-hybridized carbons (Fsp3) is 0.0417. The number of benzene rings is 2. The van der Waals surface area contributed by atoms with Crippen LogP contribution in [0.4, 0.5) is 5.82 Å². The predicted molar refractivity (Wildman–Crippen MR) is 116 cm³/mol. The van der Waals surface area contributed by atoms with Crippen LogP contribution in [0.3, 0.4) is 0 Å². The van der Waals surface area contributed by atoms with Crippen LogP contribution in [-0.4, -0.2) is 20.2 Å². The molecule has 0 saturated carbocycles. The number of hydrogen-bond donors (Lipinski definition) is 2. The molecule has 0 bridgehead atoms. The van der Waals surface area contributed by atoms with Crippen LogP contribution in [0.25, 0.3) is 22.2 Å². The second kappa shape index (κ2) is 6.70. The van der Waals surface area contributed by atoms with Gasteiger partial charge in [0.15, 0.2) is 5.65 Å². The van der Waals surface area contributed by atoms with E-state index in [1.54, 1.807) is 12.4 Å². The standard InChI is InChI=1S/C24H17N5O/c1-2-5-16(6-3-1)30-17-10-8-15(9-11-17)22-20-13-26-24-21(20)19(14-27-29-24)18-7-4-12-25-23(18)28-22/h1-14,22H,(H,25,28)(H,26,29). The predicted octanol–water partition coefficient (Wildman–Crippen LogP) is 5.33. The number of hydrogen-bond acceptors (Lipinski definition) is 5. The van der Waals surface area contributed by atoms with E-state index in [1.165, 1.54) is 0 Å². The van der Waals surface area contributed by atoms with Gasteiger partial charge in [-0.3, -0.25) is 0 Å². The van der Waals surface area contributed by atoms with Crippen LogP contribution in [0.15, 0.2) is 85.3 Å². The first kappa shape index (κ1) is 16.7. The number of pyridine rings is 1. The summed E-state index contributed by atoms with van der Waals surface area (Å²) in [5, 5.41) is 13.1. The van der Waals surface area contributed by atoms with E-state index in [0.29, 0.717) is 0 Å². The summed E-state index contributed by atoms with van der Waals surface area (Å²) in [7, 11) is 0. The van der Waals surface area contributed by atoms with Crippen molar-refractivity contribution in [2.75, 3.05) is 5.32 Å². The third-order valence-corrected chi connectivity index (χ3v) is 5.39. The lowest BCUT2D eigenvalue weighted by Crippen LogP contribution is -2.12. The van der Waals surface area contributed by atoms with Crippen molar-refractivity contribution < 1.29 is 4.74 Å². The van der Waals surface area contributed by atoms with Gasteiger partial charge in [-0.05, 0) is 42.0 Å². The van der Waals surface area contributed by atoms with E-state index in [4.69, 9.17) is 4.74 Å². The number of nitrogens with one attached hydrogen (secondary N) is 2. The number of para-hydroxylation sites is 1. The molecule has 1 atom stereocenters. The van der Waals surface area contributed by atoms with Gasteiger partial charge in [-0.25, -0.2) is 4.98 Å². The molecule has 2 N–H and O–H groups in total. The maximum Gasteiger partial charge on any atom is 0.160 e. The van der Waals surface area contributed by atoms with Gasteiger partial charge in [0.25, 0.3) is 0 Å². The fourth-order valence-corrected chi connectivity index (χ4v) is 4.00. The maximum absolute atomic E-state index is 5.94. The highest BCUT2D eigenvalue weighted by Crippen LogP contribution is 2.42. The SMILES string of the molecule is c1ccc(Oc2ccc(C3Nc4ncccc4-c4cnnc5[nH]cc3c45)cc2)cc1. The Labute approximate surface area is 172 Å². The molecule has 0 saturated heterocycles. The third-order valence-electron chi connectivity index (χ3n) is 5.39. The first-order valence-electron chi connectivity index (χ1n) is 9.74. The quantitative estimate of drug-likeness (QED) is 0.435. The Bertz CT molecular complexity index is 1350. The van der Waals surface area contributed by atoms with Gasteiger partial charge < -0.3 is 15.0 Å². The van der Waals surface area contributed by atoms with Crippen molar-refractivity contribution in [3.63, 3.8) is 0 Å². The maximum atomic E-state index is 5.94. The highest BCUT2D eigenvalue weighted by Gasteiger charge is 2.26. The smallest absolute Gasteiger partial charge is 0.160 e. The van der Waals surface area contributed by atoms with Crippen molar-refractivity contribution in [2.24, 2.45) is 0 Å². The highest BCUT2D eigenvalue weighted by molar-refractivity contribution is 5.99. The molecule has 3 aromatic heterocycles. The van der Waals surface area contributed by atoms with E-state index in [2.05, 4.69) is 43.7 Å².